The van der Waals surface area contributed by atoms with Crippen molar-refractivity contribution in [3.63, 3.8) is 0 Å². The van der Waals surface area contributed by atoms with E-state index in [1.54, 1.807) is 12.1 Å². The summed E-state index contributed by atoms with van der Waals surface area (Å²) in [5.74, 6) is 0.872. The molecule has 1 aliphatic carbocycles. The van der Waals surface area contributed by atoms with Crippen LogP contribution in [0.15, 0.2) is 24.3 Å². The third-order valence-corrected chi connectivity index (χ3v) is 4.70. The van der Waals surface area contributed by atoms with Crippen LogP contribution in [0.5, 0.6) is 0 Å². The largest absolute Gasteiger partial charge is 0.416 e. The Morgan fingerprint density at radius 3 is 2.36 bits per heavy atom. The zero-order valence-corrected chi connectivity index (χ0v) is 12.7. The number of hydrogen-bond acceptors (Lipinski definition) is 2. The van der Waals surface area contributed by atoms with Crippen LogP contribution >= 0.6 is 0 Å². The molecule has 1 N–H and O–H groups in total. The molecule has 1 saturated heterocycles. The number of rotatable bonds is 5. The van der Waals surface area contributed by atoms with Gasteiger partial charge in [0.15, 0.2) is 0 Å². The molecule has 5 heteroatoms. The number of piperidine rings is 1. The van der Waals surface area contributed by atoms with Crippen molar-refractivity contribution in [3.8, 4) is 0 Å². The molecule has 0 bridgehead atoms. The minimum atomic E-state index is -4.26. The van der Waals surface area contributed by atoms with E-state index >= 15 is 0 Å². The van der Waals surface area contributed by atoms with Crippen molar-refractivity contribution >= 4 is 0 Å². The molecule has 122 valence electrons. The van der Waals surface area contributed by atoms with E-state index in [4.69, 9.17) is 0 Å². The lowest BCUT2D eigenvalue weighted by Gasteiger charge is -2.33. The summed E-state index contributed by atoms with van der Waals surface area (Å²) in [6.45, 7) is 3.25. The Morgan fingerprint density at radius 1 is 1.05 bits per heavy atom. The Bertz CT molecular complexity index is 489. The molecule has 2 nitrogen and oxygen atoms in total. The van der Waals surface area contributed by atoms with Gasteiger partial charge in [0.2, 0.25) is 0 Å². The van der Waals surface area contributed by atoms with Gasteiger partial charge in [-0.05, 0) is 62.9 Å². The van der Waals surface area contributed by atoms with Crippen LogP contribution in [0.2, 0.25) is 0 Å². The summed E-state index contributed by atoms with van der Waals surface area (Å²) in [5, 5.41) is 3.60. The fourth-order valence-corrected chi connectivity index (χ4v) is 3.13. The summed E-state index contributed by atoms with van der Waals surface area (Å²) in [6.07, 6.45) is 0.489. The molecule has 1 saturated carbocycles. The maximum Gasteiger partial charge on any atom is 0.416 e. The van der Waals surface area contributed by atoms with E-state index in [0.717, 1.165) is 38.4 Å². The van der Waals surface area contributed by atoms with E-state index in [9.17, 15) is 13.2 Å². The van der Waals surface area contributed by atoms with Gasteiger partial charge in [-0.2, -0.15) is 13.2 Å². The first-order valence-corrected chi connectivity index (χ1v) is 8.13. The highest BCUT2D eigenvalue weighted by atomic mass is 19.4. The predicted octanol–water partition coefficient (Wildman–Crippen LogP) is 3.67. The first-order valence-electron chi connectivity index (χ1n) is 8.13. The number of nitrogens with zero attached hydrogens (tertiary/aromatic N) is 1. The third kappa shape index (κ3) is 4.23. The van der Waals surface area contributed by atoms with Crippen molar-refractivity contribution in [2.75, 3.05) is 19.6 Å². The predicted molar refractivity (Wildman–Crippen MR) is 80.5 cm³/mol. The van der Waals surface area contributed by atoms with Gasteiger partial charge in [0.25, 0.3) is 0 Å². The third-order valence-electron chi connectivity index (χ3n) is 4.70. The van der Waals surface area contributed by atoms with Gasteiger partial charge < -0.3 is 5.32 Å². The highest BCUT2D eigenvalue weighted by Gasteiger charge is 2.33. The van der Waals surface area contributed by atoms with Gasteiger partial charge in [-0.3, -0.25) is 4.90 Å². The van der Waals surface area contributed by atoms with E-state index in [2.05, 4.69) is 10.2 Å². The Hall–Kier alpha value is -1.07. The molecule has 0 unspecified atom stereocenters. The fourth-order valence-electron chi connectivity index (χ4n) is 3.13. The molecule has 0 spiro atoms. The Morgan fingerprint density at radius 2 is 1.73 bits per heavy atom. The van der Waals surface area contributed by atoms with Crippen LogP contribution in [-0.2, 0) is 12.7 Å². The zero-order chi connectivity index (χ0) is 15.6. The average Bonchev–Trinajstić information content (AvgIpc) is 3.30. The number of alkyl halides is 3. The molecule has 2 aliphatic rings. The first kappa shape index (κ1) is 15.8. The number of likely N-dealkylation sites (tertiary alicyclic amines) is 1. The zero-order valence-electron chi connectivity index (χ0n) is 12.7. The molecule has 1 aromatic carbocycles. The Balaban J connectivity index is 1.52. The normalized spacial score (nSPS) is 21.2. The smallest absolute Gasteiger partial charge is 0.314 e. The number of halogens is 3. The molecule has 1 aliphatic heterocycles. The molecule has 1 aromatic rings. The average molecular weight is 312 g/mol. The lowest BCUT2D eigenvalue weighted by Crippen LogP contribution is -2.42. The number of nitrogens with one attached hydrogen (secondary N) is 1. The van der Waals surface area contributed by atoms with Gasteiger partial charge in [0, 0.05) is 12.6 Å². The maximum absolute atomic E-state index is 13.0. The second-order valence-electron chi connectivity index (χ2n) is 6.56. The van der Waals surface area contributed by atoms with Crippen molar-refractivity contribution in [3.05, 3.63) is 35.4 Å². The van der Waals surface area contributed by atoms with Crippen molar-refractivity contribution in [1.29, 1.82) is 0 Å². The molecule has 1 heterocycles. The monoisotopic (exact) mass is 312 g/mol. The quantitative estimate of drug-likeness (QED) is 0.892. The van der Waals surface area contributed by atoms with Crippen LogP contribution < -0.4 is 5.32 Å². The summed E-state index contributed by atoms with van der Waals surface area (Å²) in [5.41, 5.74) is -0.108. The molecule has 2 fully saturated rings. The second kappa shape index (κ2) is 6.59. The van der Waals surface area contributed by atoms with Crippen LogP contribution in [0.3, 0.4) is 0 Å². The van der Waals surface area contributed by atoms with E-state index in [-0.39, 0.29) is 0 Å². The van der Waals surface area contributed by atoms with Crippen molar-refractivity contribution in [1.82, 2.24) is 10.2 Å². The van der Waals surface area contributed by atoms with Crippen molar-refractivity contribution in [2.45, 2.75) is 44.4 Å². The number of hydrogen-bond donors (Lipinski definition) is 1. The summed E-state index contributed by atoms with van der Waals surface area (Å²) in [6, 6.07) is 6.46. The minimum Gasteiger partial charge on any atom is -0.314 e. The summed E-state index contributed by atoms with van der Waals surface area (Å²) < 4.78 is 39.1. The molecule has 0 amide bonds. The van der Waals surface area contributed by atoms with E-state index in [1.165, 1.54) is 25.0 Å². The van der Waals surface area contributed by atoms with Crippen molar-refractivity contribution < 1.29 is 13.2 Å². The molecule has 3 rings (SSSR count). The molecular formula is C17H23F3N2. The Kier molecular flexibility index (Phi) is 4.73. The van der Waals surface area contributed by atoms with Gasteiger partial charge in [0.05, 0.1) is 5.56 Å². The van der Waals surface area contributed by atoms with Gasteiger partial charge >= 0.3 is 6.18 Å². The van der Waals surface area contributed by atoms with Crippen molar-refractivity contribution in [2.24, 2.45) is 5.92 Å². The fraction of sp³-hybridized carbons (Fsp3) is 0.647. The highest BCUT2D eigenvalue weighted by molar-refractivity contribution is 5.29. The van der Waals surface area contributed by atoms with E-state index < -0.39 is 11.7 Å². The van der Waals surface area contributed by atoms with Gasteiger partial charge in [0.1, 0.15) is 0 Å². The molecule has 0 aromatic heterocycles. The summed E-state index contributed by atoms with van der Waals surface area (Å²) >= 11 is 0. The lowest BCUT2D eigenvalue weighted by molar-refractivity contribution is -0.138. The van der Waals surface area contributed by atoms with Gasteiger partial charge in [-0.25, -0.2) is 0 Å². The standard InChI is InChI=1S/C17H23F3N2/c18-17(19,20)16-4-2-1-3-14(16)12-22-9-7-15(8-10-22)21-11-13-5-6-13/h1-4,13,15,21H,5-12H2. The minimum absolute atomic E-state index is 0.388. The van der Waals surface area contributed by atoms with Gasteiger partial charge in [-0.15, -0.1) is 0 Å². The molecule has 22 heavy (non-hydrogen) atoms. The summed E-state index contributed by atoms with van der Waals surface area (Å²) in [4.78, 5) is 2.14. The van der Waals surface area contributed by atoms with Crippen LogP contribution in [0.25, 0.3) is 0 Å². The maximum atomic E-state index is 13.0. The van der Waals surface area contributed by atoms with E-state index in [1.807, 2.05) is 0 Å². The van der Waals surface area contributed by atoms with Crippen LogP contribution in [0.4, 0.5) is 13.2 Å². The highest BCUT2D eigenvalue weighted by Crippen LogP contribution is 2.33. The van der Waals surface area contributed by atoms with Gasteiger partial charge in [-0.1, -0.05) is 18.2 Å². The lowest BCUT2D eigenvalue weighted by atomic mass is 10.0. The summed E-state index contributed by atoms with van der Waals surface area (Å²) in [7, 11) is 0. The van der Waals surface area contributed by atoms with Crippen LogP contribution in [-0.4, -0.2) is 30.6 Å². The molecular weight excluding hydrogens is 289 g/mol. The first-order chi connectivity index (χ1) is 10.5. The SMILES string of the molecule is FC(F)(F)c1ccccc1CN1CCC(NCC2CC2)CC1. The Labute approximate surface area is 129 Å². The number of benzene rings is 1. The topological polar surface area (TPSA) is 15.3 Å². The van der Waals surface area contributed by atoms with E-state index in [0.29, 0.717) is 18.2 Å². The van der Waals surface area contributed by atoms with Crippen LogP contribution in [0, 0.1) is 5.92 Å². The van der Waals surface area contributed by atoms with Crippen LogP contribution in [0.1, 0.15) is 36.8 Å². The molecule has 0 atom stereocenters. The molecule has 0 radical (unpaired) electrons. The second-order valence-corrected chi connectivity index (χ2v) is 6.56.